The number of hydrogen-bond donors (Lipinski definition) is 2. The first kappa shape index (κ1) is 25.7. The molecule has 1 aliphatic rings. The standard InChI is InChI=1S/C23H30FN5O2.HI/c1-18(31-21-10-8-19(24)9-11-21)16-26-23(25-2)27-17-22(30)29-14-12-28(13-15-29)20-6-4-3-5-7-20;/h3-11,18H,12-17H2,1-2H3,(H2,25,26,27);1H. The third-order valence-corrected chi connectivity index (χ3v) is 5.09. The molecule has 0 radical (unpaired) electrons. The van der Waals surface area contributed by atoms with Crippen LogP contribution in [0.1, 0.15) is 6.92 Å². The minimum absolute atomic E-state index is 0. The number of guanidine groups is 1. The molecule has 1 unspecified atom stereocenters. The third kappa shape index (κ3) is 7.85. The fourth-order valence-corrected chi connectivity index (χ4v) is 3.37. The van der Waals surface area contributed by atoms with Crippen LogP contribution in [0, 0.1) is 5.82 Å². The van der Waals surface area contributed by atoms with Crippen molar-refractivity contribution in [3.63, 3.8) is 0 Å². The predicted molar refractivity (Wildman–Crippen MR) is 137 cm³/mol. The van der Waals surface area contributed by atoms with Crippen LogP contribution in [0.4, 0.5) is 10.1 Å². The van der Waals surface area contributed by atoms with Crippen LogP contribution in [0.3, 0.4) is 0 Å². The summed E-state index contributed by atoms with van der Waals surface area (Å²) in [6, 6.07) is 16.2. The van der Waals surface area contributed by atoms with E-state index in [0.29, 0.717) is 31.3 Å². The number of aliphatic imine (C=N–C) groups is 1. The molecule has 174 valence electrons. The summed E-state index contributed by atoms with van der Waals surface area (Å²) in [5, 5.41) is 6.21. The van der Waals surface area contributed by atoms with Crippen molar-refractivity contribution in [2.24, 2.45) is 4.99 Å². The van der Waals surface area contributed by atoms with Crippen molar-refractivity contribution in [1.29, 1.82) is 0 Å². The number of ether oxygens (including phenoxy) is 1. The second kappa shape index (κ2) is 13.1. The molecule has 1 saturated heterocycles. The zero-order chi connectivity index (χ0) is 22.1. The molecule has 2 aromatic carbocycles. The maximum Gasteiger partial charge on any atom is 0.242 e. The SMILES string of the molecule is CN=C(NCC(=O)N1CCN(c2ccccc2)CC1)NCC(C)Oc1ccc(F)cc1.I. The van der Waals surface area contributed by atoms with Crippen molar-refractivity contribution in [3.8, 4) is 5.75 Å². The Labute approximate surface area is 206 Å². The second-order valence-electron chi connectivity index (χ2n) is 7.39. The highest BCUT2D eigenvalue weighted by Crippen LogP contribution is 2.15. The average Bonchev–Trinajstić information content (AvgIpc) is 2.81. The molecule has 2 N–H and O–H groups in total. The summed E-state index contributed by atoms with van der Waals surface area (Å²) in [5.41, 5.74) is 1.19. The summed E-state index contributed by atoms with van der Waals surface area (Å²) in [4.78, 5) is 20.9. The number of halogens is 2. The molecule has 0 saturated carbocycles. The highest BCUT2D eigenvalue weighted by molar-refractivity contribution is 14.0. The van der Waals surface area contributed by atoms with E-state index in [1.807, 2.05) is 30.0 Å². The lowest BCUT2D eigenvalue weighted by atomic mass is 10.2. The molecular formula is C23H31FIN5O2. The zero-order valence-corrected chi connectivity index (χ0v) is 20.8. The third-order valence-electron chi connectivity index (χ3n) is 5.09. The fraction of sp³-hybridized carbons (Fsp3) is 0.391. The maximum absolute atomic E-state index is 13.0. The number of nitrogens with one attached hydrogen (secondary N) is 2. The number of carbonyl (C=O) groups is 1. The van der Waals surface area contributed by atoms with Gasteiger partial charge in [-0.05, 0) is 43.3 Å². The quantitative estimate of drug-likeness (QED) is 0.313. The summed E-state index contributed by atoms with van der Waals surface area (Å²) in [6.07, 6.45) is -0.161. The second-order valence-corrected chi connectivity index (χ2v) is 7.39. The van der Waals surface area contributed by atoms with Crippen LogP contribution in [0.2, 0.25) is 0 Å². The first-order valence-electron chi connectivity index (χ1n) is 10.5. The Balaban J connectivity index is 0.00000363. The van der Waals surface area contributed by atoms with E-state index in [0.717, 1.165) is 13.1 Å². The van der Waals surface area contributed by atoms with E-state index >= 15 is 0 Å². The van der Waals surface area contributed by atoms with Crippen molar-refractivity contribution in [1.82, 2.24) is 15.5 Å². The number of rotatable bonds is 7. The van der Waals surface area contributed by atoms with Crippen molar-refractivity contribution in [2.45, 2.75) is 13.0 Å². The van der Waals surface area contributed by atoms with E-state index in [1.165, 1.54) is 17.8 Å². The number of nitrogens with zero attached hydrogens (tertiary/aromatic N) is 3. The van der Waals surface area contributed by atoms with Gasteiger partial charge in [0.15, 0.2) is 5.96 Å². The van der Waals surface area contributed by atoms with Crippen molar-refractivity contribution in [2.75, 3.05) is 51.2 Å². The Morgan fingerprint density at radius 1 is 1.06 bits per heavy atom. The molecular weight excluding hydrogens is 524 g/mol. The Kier molecular flexibility index (Phi) is 10.5. The first-order valence-corrected chi connectivity index (χ1v) is 10.5. The van der Waals surface area contributed by atoms with E-state index in [1.54, 1.807) is 19.2 Å². The van der Waals surface area contributed by atoms with Crippen LogP contribution in [-0.4, -0.2) is 69.2 Å². The summed E-state index contributed by atoms with van der Waals surface area (Å²) in [5.74, 6) is 0.884. The lowest BCUT2D eigenvalue weighted by Gasteiger charge is -2.36. The molecule has 2 aromatic rings. The van der Waals surface area contributed by atoms with Gasteiger partial charge in [0.05, 0.1) is 13.1 Å². The summed E-state index contributed by atoms with van der Waals surface area (Å²) < 4.78 is 18.7. The maximum atomic E-state index is 13.0. The molecule has 1 amide bonds. The van der Waals surface area contributed by atoms with Gasteiger partial charge in [-0.15, -0.1) is 24.0 Å². The fourth-order valence-electron chi connectivity index (χ4n) is 3.37. The van der Waals surface area contributed by atoms with Gasteiger partial charge in [-0.3, -0.25) is 9.79 Å². The molecule has 9 heteroatoms. The Morgan fingerprint density at radius 3 is 2.34 bits per heavy atom. The summed E-state index contributed by atoms with van der Waals surface area (Å²) >= 11 is 0. The van der Waals surface area contributed by atoms with Crippen LogP contribution in [0.5, 0.6) is 5.75 Å². The molecule has 0 spiro atoms. The molecule has 0 bridgehead atoms. The number of piperazine rings is 1. The smallest absolute Gasteiger partial charge is 0.242 e. The topological polar surface area (TPSA) is 69.2 Å². The molecule has 3 rings (SSSR count). The van der Waals surface area contributed by atoms with Gasteiger partial charge in [-0.1, -0.05) is 18.2 Å². The van der Waals surface area contributed by atoms with Crippen LogP contribution in [0.25, 0.3) is 0 Å². The molecule has 0 aliphatic carbocycles. The van der Waals surface area contributed by atoms with Gasteiger partial charge >= 0.3 is 0 Å². The van der Waals surface area contributed by atoms with E-state index in [-0.39, 0.29) is 48.3 Å². The van der Waals surface area contributed by atoms with Gasteiger partial charge in [-0.2, -0.15) is 0 Å². The number of hydrogen-bond acceptors (Lipinski definition) is 4. The minimum Gasteiger partial charge on any atom is -0.489 e. The van der Waals surface area contributed by atoms with Gasteiger partial charge in [0.25, 0.3) is 0 Å². The Morgan fingerprint density at radius 2 is 1.72 bits per heavy atom. The zero-order valence-electron chi connectivity index (χ0n) is 18.5. The molecule has 1 heterocycles. The highest BCUT2D eigenvalue weighted by Gasteiger charge is 2.21. The van der Waals surface area contributed by atoms with Gasteiger partial charge in [-0.25, -0.2) is 4.39 Å². The molecule has 7 nitrogen and oxygen atoms in total. The van der Waals surface area contributed by atoms with Gasteiger partial charge in [0.1, 0.15) is 17.7 Å². The summed E-state index contributed by atoms with van der Waals surface area (Å²) in [7, 11) is 1.66. The van der Waals surface area contributed by atoms with E-state index in [2.05, 4.69) is 32.7 Å². The Bertz CT molecular complexity index is 858. The predicted octanol–water partition coefficient (Wildman–Crippen LogP) is 2.72. The molecule has 1 aliphatic heterocycles. The van der Waals surface area contributed by atoms with E-state index in [4.69, 9.17) is 4.74 Å². The molecule has 1 atom stereocenters. The van der Waals surface area contributed by atoms with E-state index < -0.39 is 0 Å². The molecule has 0 aromatic heterocycles. The number of para-hydroxylation sites is 1. The van der Waals surface area contributed by atoms with Crippen LogP contribution < -0.4 is 20.3 Å². The number of carbonyl (C=O) groups excluding carboxylic acids is 1. The number of amides is 1. The lowest BCUT2D eigenvalue weighted by molar-refractivity contribution is -0.130. The van der Waals surface area contributed by atoms with Crippen LogP contribution in [-0.2, 0) is 4.79 Å². The monoisotopic (exact) mass is 555 g/mol. The van der Waals surface area contributed by atoms with Crippen molar-refractivity contribution < 1.29 is 13.9 Å². The first-order chi connectivity index (χ1) is 15.0. The van der Waals surface area contributed by atoms with E-state index in [9.17, 15) is 9.18 Å². The van der Waals surface area contributed by atoms with Crippen LogP contribution >= 0.6 is 24.0 Å². The lowest BCUT2D eigenvalue weighted by Crippen LogP contribution is -2.52. The number of anilines is 1. The minimum atomic E-state index is -0.297. The van der Waals surface area contributed by atoms with Gasteiger partial charge < -0.3 is 25.2 Å². The van der Waals surface area contributed by atoms with Gasteiger partial charge in [0, 0.05) is 38.9 Å². The van der Waals surface area contributed by atoms with Crippen molar-refractivity contribution >= 4 is 41.5 Å². The molecule has 32 heavy (non-hydrogen) atoms. The molecule has 1 fully saturated rings. The van der Waals surface area contributed by atoms with Gasteiger partial charge in [0.2, 0.25) is 5.91 Å². The largest absolute Gasteiger partial charge is 0.489 e. The van der Waals surface area contributed by atoms with Crippen molar-refractivity contribution in [3.05, 3.63) is 60.4 Å². The highest BCUT2D eigenvalue weighted by atomic mass is 127. The normalized spacial score (nSPS) is 14.9. The summed E-state index contributed by atoms with van der Waals surface area (Å²) in [6.45, 7) is 5.61. The average molecular weight is 555 g/mol. The van der Waals surface area contributed by atoms with Crippen LogP contribution in [0.15, 0.2) is 59.6 Å². The number of benzene rings is 2. The Hall–Kier alpha value is -2.56.